The van der Waals surface area contributed by atoms with Gasteiger partial charge in [-0.2, -0.15) is 0 Å². The van der Waals surface area contributed by atoms with E-state index in [2.05, 4.69) is 4.98 Å². The molecule has 0 saturated heterocycles. The van der Waals surface area contributed by atoms with Crippen LogP contribution in [0, 0.1) is 6.92 Å². The molecule has 2 heterocycles. The number of esters is 1. The molecule has 0 spiro atoms. The lowest BCUT2D eigenvalue weighted by Crippen LogP contribution is -2.10. The molecule has 0 atom stereocenters. The first-order valence-electron chi connectivity index (χ1n) is 9.10. The Morgan fingerprint density at radius 2 is 1.79 bits per heavy atom. The summed E-state index contributed by atoms with van der Waals surface area (Å²) >= 11 is 1.36. The molecule has 2 aromatic carbocycles. The van der Waals surface area contributed by atoms with E-state index in [1.165, 1.54) is 11.3 Å². The Bertz CT molecular complexity index is 1140. The topological polar surface area (TPSA) is 57.7 Å². The number of nitrogens with zero attached hydrogens (tertiary/aromatic N) is 1. The Labute approximate surface area is 172 Å². The number of rotatable bonds is 7. The lowest BCUT2D eigenvalue weighted by atomic mass is 10.2. The fraction of sp³-hybridized carbons (Fsp3) is 0.130. The first kappa shape index (κ1) is 19.0. The van der Waals surface area contributed by atoms with E-state index in [1.54, 1.807) is 12.1 Å². The van der Waals surface area contributed by atoms with Gasteiger partial charge in [0, 0.05) is 11.5 Å². The molecule has 4 rings (SSSR count). The summed E-state index contributed by atoms with van der Waals surface area (Å²) in [5.74, 6) is 0.829. The van der Waals surface area contributed by atoms with Crippen LogP contribution in [0.5, 0.6) is 11.5 Å². The van der Waals surface area contributed by atoms with Crippen LogP contribution >= 0.6 is 11.3 Å². The predicted molar refractivity (Wildman–Crippen MR) is 112 cm³/mol. The number of pyridine rings is 1. The van der Waals surface area contributed by atoms with E-state index in [4.69, 9.17) is 14.2 Å². The second-order valence-corrected chi connectivity index (χ2v) is 7.30. The molecule has 0 N–H and O–H groups in total. The fourth-order valence-corrected chi connectivity index (χ4v) is 3.62. The van der Waals surface area contributed by atoms with Gasteiger partial charge >= 0.3 is 5.97 Å². The van der Waals surface area contributed by atoms with Gasteiger partial charge in [0.2, 0.25) is 6.79 Å². The summed E-state index contributed by atoms with van der Waals surface area (Å²) < 4.78 is 16.5. The number of hydrogen-bond donors (Lipinski definition) is 0. The number of benzene rings is 2. The zero-order valence-electron chi connectivity index (χ0n) is 15.8. The molecule has 146 valence electrons. The van der Waals surface area contributed by atoms with Gasteiger partial charge in [-0.05, 0) is 48.2 Å². The molecular weight excluding hydrogens is 386 g/mol. The quantitative estimate of drug-likeness (QED) is 0.305. The van der Waals surface area contributed by atoms with E-state index in [1.807, 2.05) is 66.9 Å². The highest BCUT2D eigenvalue weighted by molar-refractivity contribution is 7.12. The molecule has 0 radical (unpaired) electrons. The molecule has 4 aromatic rings. The molecule has 6 heteroatoms. The van der Waals surface area contributed by atoms with Crippen LogP contribution in [0.4, 0.5) is 0 Å². The smallest absolute Gasteiger partial charge is 0.351 e. The third kappa shape index (κ3) is 4.73. The largest absolute Gasteiger partial charge is 0.487 e. The van der Waals surface area contributed by atoms with E-state index in [0.717, 1.165) is 22.2 Å². The first-order chi connectivity index (χ1) is 14.2. The van der Waals surface area contributed by atoms with E-state index in [9.17, 15) is 4.79 Å². The molecule has 0 saturated carbocycles. The molecule has 0 amide bonds. The summed E-state index contributed by atoms with van der Waals surface area (Å²) in [4.78, 5) is 17.2. The zero-order valence-corrected chi connectivity index (χ0v) is 16.6. The SMILES string of the molecule is Cc1ccsc1C(=O)OCOc1cccc(OCc2ccc3ccccc3n2)c1. The number of thiophene rings is 1. The molecule has 2 aromatic heterocycles. The van der Waals surface area contributed by atoms with Crippen LogP contribution in [0.15, 0.2) is 72.1 Å². The van der Waals surface area contributed by atoms with Crippen molar-refractivity contribution in [1.82, 2.24) is 4.98 Å². The summed E-state index contributed by atoms with van der Waals surface area (Å²) in [7, 11) is 0. The standard InChI is InChI=1S/C23H19NO4S/c1-16-11-12-29-22(16)23(25)28-15-27-20-7-4-6-19(13-20)26-14-18-10-9-17-5-2-3-8-21(17)24-18/h2-13H,14-15H2,1H3. The summed E-state index contributed by atoms with van der Waals surface area (Å²) in [5, 5.41) is 2.96. The number of carbonyl (C=O) groups excluding carboxylic acids is 1. The average Bonchev–Trinajstić information content (AvgIpc) is 3.18. The average molecular weight is 405 g/mol. The van der Waals surface area contributed by atoms with Crippen LogP contribution in [0.1, 0.15) is 20.9 Å². The van der Waals surface area contributed by atoms with Gasteiger partial charge in [-0.15, -0.1) is 11.3 Å². The van der Waals surface area contributed by atoms with Gasteiger partial charge in [-0.1, -0.05) is 30.3 Å². The summed E-state index contributed by atoms with van der Waals surface area (Å²) in [5.41, 5.74) is 2.68. The lowest BCUT2D eigenvalue weighted by molar-refractivity contribution is 0.0158. The number of fused-ring (bicyclic) bond motifs is 1. The minimum absolute atomic E-state index is 0.161. The third-order valence-electron chi connectivity index (χ3n) is 4.31. The highest BCUT2D eigenvalue weighted by Gasteiger charge is 2.12. The van der Waals surface area contributed by atoms with Gasteiger partial charge in [-0.25, -0.2) is 9.78 Å². The van der Waals surface area contributed by atoms with Crippen molar-refractivity contribution >= 4 is 28.2 Å². The predicted octanol–water partition coefficient (Wildman–Crippen LogP) is 5.38. The number of aromatic nitrogens is 1. The molecule has 0 bridgehead atoms. The van der Waals surface area contributed by atoms with Gasteiger partial charge in [0.15, 0.2) is 0 Å². The Morgan fingerprint density at radius 1 is 0.966 bits per heavy atom. The molecule has 0 aliphatic heterocycles. The third-order valence-corrected chi connectivity index (χ3v) is 5.31. The zero-order chi connectivity index (χ0) is 20.1. The van der Waals surface area contributed by atoms with E-state index < -0.39 is 0 Å². The van der Waals surface area contributed by atoms with Gasteiger partial charge < -0.3 is 14.2 Å². The number of ether oxygens (including phenoxy) is 3. The minimum atomic E-state index is -0.382. The van der Waals surface area contributed by atoms with Crippen molar-refractivity contribution in [1.29, 1.82) is 0 Å². The van der Waals surface area contributed by atoms with E-state index >= 15 is 0 Å². The molecule has 29 heavy (non-hydrogen) atoms. The Balaban J connectivity index is 1.32. The summed E-state index contributed by atoms with van der Waals surface area (Å²) in [6.07, 6.45) is 0. The van der Waals surface area contributed by atoms with Crippen LogP contribution in [0.3, 0.4) is 0 Å². The Morgan fingerprint density at radius 3 is 2.62 bits per heavy atom. The van der Waals surface area contributed by atoms with Crippen molar-refractivity contribution in [3.63, 3.8) is 0 Å². The highest BCUT2D eigenvalue weighted by Crippen LogP contribution is 2.21. The van der Waals surface area contributed by atoms with Crippen molar-refractivity contribution in [2.24, 2.45) is 0 Å². The molecular formula is C23H19NO4S. The second-order valence-electron chi connectivity index (χ2n) is 6.39. The van der Waals surface area contributed by atoms with Crippen LogP contribution in [0.25, 0.3) is 10.9 Å². The molecule has 5 nitrogen and oxygen atoms in total. The number of hydrogen-bond acceptors (Lipinski definition) is 6. The molecule has 0 unspecified atom stereocenters. The van der Waals surface area contributed by atoms with Crippen molar-refractivity contribution < 1.29 is 19.0 Å². The van der Waals surface area contributed by atoms with Gasteiger partial charge in [-0.3, -0.25) is 0 Å². The van der Waals surface area contributed by atoms with Crippen LogP contribution in [-0.4, -0.2) is 17.7 Å². The number of para-hydroxylation sites is 1. The fourth-order valence-electron chi connectivity index (χ4n) is 2.80. The van der Waals surface area contributed by atoms with Crippen molar-refractivity contribution in [3.8, 4) is 11.5 Å². The monoisotopic (exact) mass is 405 g/mol. The van der Waals surface area contributed by atoms with E-state index in [-0.39, 0.29) is 12.8 Å². The van der Waals surface area contributed by atoms with Crippen LogP contribution < -0.4 is 9.47 Å². The normalized spacial score (nSPS) is 10.7. The van der Waals surface area contributed by atoms with E-state index in [0.29, 0.717) is 23.0 Å². The van der Waals surface area contributed by atoms with Crippen LogP contribution in [-0.2, 0) is 11.3 Å². The minimum Gasteiger partial charge on any atom is -0.487 e. The summed E-state index contributed by atoms with van der Waals surface area (Å²) in [6.45, 7) is 2.06. The van der Waals surface area contributed by atoms with Gasteiger partial charge in [0.05, 0.1) is 11.2 Å². The highest BCUT2D eigenvalue weighted by atomic mass is 32.1. The molecule has 0 fully saturated rings. The molecule has 0 aliphatic carbocycles. The maximum atomic E-state index is 12.0. The van der Waals surface area contributed by atoms with Crippen LogP contribution in [0.2, 0.25) is 0 Å². The number of carbonyl (C=O) groups is 1. The maximum absolute atomic E-state index is 12.0. The first-order valence-corrected chi connectivity index (χ1v) is 9.98. The van der Waals surface area contributed by atoms with Gasteiger partial charge in [0.1, 0.15) is 23.0 Å². The van der Waals surface area contributed by atoms with Gasteiger partial charge in [0.25, 0.3) is 0 Å². The number of aryl methyl sites for hydroxylation is 1. The molecule has 0 aliphatic rings. The second kappa shape index (κ2) is 8.75. The van der Waals surface area contributed by atoms with Crippen molar-refractivity contribution in [3.05, 3.63) is 88.2 Å². The Kier molecular flexibility index (Phi) is 5.72. The maximum Gasteiger partial charge on any atom is 0.351 e. The lowest BCUT2D eigenvalue weighted by Gasteiger charge is -2.10. The Hall–Kier alpha value is -3.38. The van der Waals surface area contributed by atoms with Crippen molar-refractivity contribution in [2.45, 2.75) is 13.5 Å². The van der Waals surface area contributed by atoms with Crippen molar-refractivity contribution in [2.75, 3.05) is 6.79 Å². The summed E-state index contributed by atoms with van der Waals surface area (Å²) in [6, 6.07) is 21.0.